The van der Waals surface area contributed by atoms with Crippen LogP contribution in [0.15, 0.2) is 29.8 Å². The molecule has 1 heteroatoms. The molecule has 1 N–H and O–H groups in total. The van der Waals surface area contributed by atoms with E-state index in [0.29, 0.717) is 0 Å². The van der Waals surface area contributed by atoms with Crippen LogP contribution < -0.4 is 5.32 Å². The molecule has 0 spiro atoms. The summed E-state index contributed by atoms with van der Waals surface area (Å²) in [6.07, 6.45) is 1.18. The number of rotatable bonds is 0. The summed E-state index contributed by atoms with van der Waals surface area (Å²) in [5, 5.41) is 3.39. The van der Waals surface area contributed by atoms with Crippen LogP contribution in [0.4, 0.5) is 0 Å². The van der Waals surface area contributed by atoms with Crippen molar-refractivity contribution in [1.82, 2.24) is 5.32 Å². The first-order valence-electron chi connectivity index (χ1n) is 4.45. The third-order valence-electron chi connectivity index (χ3n) is 2.81. The van der Waals surface area contributed by atoms with Crippen LogP contribution in [0, 0.1) is 0 Å². The van der Waals surface area contributed by atoms with Gasteiger partial charge >= 0.3 is 0 Å². The van der Waals surface area contributed by atoms with Gasteiger partial charge in [0.1, 0.15) is 0 Å². The van der Waals surface area contributed by atoms with Crippen LogP contribution in [0.2, 0.25) is 0 Å². The summed E-state index contributed by atoms with van der Waals surface area (Å²) in [5.74, 6) is 0. The van der Waals surface area contributed by atoms with Crippen LogP contribution in [-0.4, -0.2) is 13.1 Å². The largest absolute Gasteiger partial charge is 0.309 e. The molecule has 60 valence electrons. The molecule has 0 unspecified atom stereocenters. The molecule has 0 fully saturated rings. The molecule has 1 aliphatic carbocycles. The number of hydrogen-bond acceptors (Lipinski definition) is 1. The van der Waals surface area contributed by atoms with Gasteiger partial charge in [-0.2, -0.15) is 0 Å². The first kappa shape index (κ1) is 6.44. The van der Waals surface area contributed by atoms with E-state index in [1.165, 1.54) is 17.5 Å². The average molecular weight is 157 g/mol. The molecule has 2 aliphatic rings. The van der Waals surface area contributed by atoms with Gasteiger partial charge in [-0.25, -0.2) is 0 Å². The highest BCUT2D eigenvalue weighted by molar-refractivity contribution is 5.79. The molecule has 0 aromatic heterocycles. The Morgan fingerprint density at radius 1 is 1.08 bits per heavy atom. The SMILES string of the molecule is c1ccc2c(c1)CC1=C2CNC1. The molecular formula is C11H11N. The van der Waals surface area contributed by atoms with Crippen LogP contribution in [0.25, 0.3) is 5.57 Å². The van der Waals surface area contributed by atoms with Gasteiger partial charge < -0.3 is 5.32 Å². The Labute approximate surface area is 72.1 Å². The molecule has 1 nitrogen and oxygen atoms in total. The minimum Gasteiger partial charge on any atom is -0.309 e. The summed E-state index contributed by atoms with van der Waals surface area (Å²) >= 11 is 0. The smallest absolute Gasteiger partial charge is 0.0214 e. The van der Waals surface area contributed by atoms with Gasteiger partial charge in [0, 0.05) is 13.1 Å². The topological polar surface area (TPSA) is 12.0 Å². The first-order chi connectivity index (χ1) is 5.95. The van der Waals surface area contributed by atoms with Gasteiger partial charge in [-0.3, -0.25) is 0 Å². The first-order valence-corrected chi connectivity index (χ1v) is 4.45. The fourth-order valence-corrected chi connectivity index (χ4v) is 2.22. The number of fused-ring (bicyclic) bond motifs is 2. The third-order valence-corrected chi connectivity index (χ3v) is 2.81. The van der Waals surface area contributed by atoms with E-state index in [2.05, 4.69) is 29.6 Å². The lowest BCUT2D eigenvalue weighted by molar-refractivity contribution is 0.857. The van der Waals surface area contributed by atoms with Crippen LogP contribution in [-0.2, 0) is 6.42 Å². The van der Waals surface area contributed by atoms with Gasteiger partial charge in [0.25, 0.3) is 0 Å². The Morgan fingerprint density at radius 2 is 2.00 bits per heavy atom. The standard InChI is InChI=1S/C11H11N/c1-2-4-10-8(3-1)5-9-6-12-7-11(9)10/h1-4,12H,5-7H2. The molecule has 0 saturated heterocycles. The average Bonchev–Trinajstić information content (AvgIpc) is 2.62. The van der Waals surface area contributed by atoms with Crippen molar-refractivity contribution in [2.24, 2.45) is 0 Å². The van der Waals surface area contributed by atoms with E-state index in [1.54, 1.807) is 11.1 Å². The van der Waals surface area contributed by atoms with E-state index < -0.39 is 0 Å². The summed E-state index contributed by atoms with van der Waals surface area (Å²) in [6.45, 7) is 2.18. The maximum atomic E-state index is 3.39. The zero-order chi connectivity index (χ0) is 7.97. The molecule has 12 heavy (non-hydrogen) atoms. The van der Waals surface area contributed by atoms with E-state index in [1.807, 2.05) is 0 Å². The maximum Gasteiger partial charge on any atom is 0.0214 e. The quantitative estimate of drug-likeness (QED) is 0.603. The molecule has 3 rings (SSSR count). The second-order valence-corrected chi connectivity index (χ2v) is 3.52. The third kappa shape index (κ3) is 0.718. The van der Waals surface area contributed by atoms with E-state index in [0.717, 1.165) is 13.1 Å². The van der Waals surface area contributed by atoms with Gasteiger partial charge in [-0.1, -0.05) is 24.3 Å². The number of hydrogen-bond donors (Lipinski definition) is 1. The van der Waals surface area contributed by atoms with Crippen LogP contribution in [0.1, 0.15) is 11.1 Å². The van der Waals surface area contributed by atoms with E-state index in [4.69, 9.17) is 0 Å². The molecule has 0 bridgehead atoms. The van der Waals surface area contributed by atoms with Crippen molar-refractivity contribution in [3.63, 3.8) is 0 Å². The molecule has 0 radical (unpaired) electrons. The predicted molar refractivity (Wildman–Crippen MR) is 49.9 cm³/mol. The highest BCUT2D eigenvalue weighted by atomic mass is 14.9. The minimum absolute atomic E-state index is 1.08. The van der Waals surface area contributed by atoms with Gasteiger partial charge in [0.05, 0.1) is 0 Å². The van der Waals surface area contributed by atoms with Crippen molar-refractivity contribution in [2.75, 3.05) is 13.1 Å². The second kappa shape index (κ2) is 2.20. The molecule has 0 atom stereocenters. The zero-order valence-corrected chi connectivity index (χ0v) is 6.93. The molecular weight excluding hydrogens is 146 g/mol. The second-order valence-electron chi connectivity index (χ2n) is 3.52. The summed E-state index contributed by atoms with van der Waals surface area (Å²) in [7, 11) is 0. The lowest BCUT2D eigenvalue weighted by Crippen LogP contribution is -2.11. The molecule has 1 heterocycles. The van der Waals surface area contributed by atoms with Crippen molar-refractivity contribution in [1.29, 1.82) is 0 Å². The lowest BCUT2D eigenvalue weighted by atomic mass is 10.1. The fourth-order valence-electron chi connectivity index (χ4n) is 2.22. The van der Waals surface area contributed by atoms with Gasteiger partial charge in [-0.15, -0.1) is 0 Å². The van der Waals surface area contributed by atoms with Gasteiger partial charge in [0.15, 0.2) is 0 Å². The summed E-state index contributed by atoms with van der Waals surface area (Å²) < 4.78 is 0. The van der Waals surface area contributed by atoms with Crippen molar-refractivity contribution in [2.45, 2.75) is 6.42 Å². The molecule has 0 saturated carbocycles. The predicted octanol–water partition coefficient (Wildman–Crippen LogP) is 1.60. The zero-order valence-electron chi connectivity index (χ0n) is 6.93. The number of nitrogens with one attached hydrogen (secondary N) is 1. The van der Waals surface area contributed by atoms with Crippen LogP contribution >= 0.6 is 0 Å². The Kier molecular flexibility index (Phi) is 1.18. The van der Waals surface area contributed by atoms with E-state index in [9.17, 15) is 0 Å². The Morgan fingerprint density at radius 3 is 3.00 bits per heavy atom. The van der Waals surface area contributed by atoms with Gasteiger partial charge in [0.2, 0.25) is 0 Å². The van der Waals surface area contributed by atoms with Crippen LogP contribution in [0.5, 0.6) is 0 Å². The summed E-state index contributed by atoms with van der Waals surface area (Å²) in [5.41, 5.74) is 6.17. The Hall–Kier alpha value is -1.08. The molecule has 1 aromatic carbocycles. The van der Waals surface area contributed by atoms with E-state index >= 15 is 0 Å². The minimum atomic E-state index is 1.08. The monoisotopic (exact) mass is 157 g/mol. The van der Waals surface area contributed by atoms with Crippen molar-refractivity contribution < 1.29 is 0 Å². The van der Waals surface area contributed by atoms with Crippen molar-refractivity contribution >= 4 is 5.57 Å². The van der Waals surface area contributed by atoms with Gasteiger partial charge in [-0.05, 0) is 28.7 Å². The summed E-state index contributed by atoms with van der Waals surface area (Å²) in [4.78, 5) is 0. The van der Waals surface area contributed by atoms with E-state index in [-0.39, 0.29) is 0 Å². The van der Waals surface area contributed by atoms with Crippen molar-refractivity contribution in [3.05, 3.63) is 41.0 Å². The Balaban J connectivity index is 2.18. The molecule has 1 aliphatic heterocycles. The molecule has 1 aromatic rings. The molecule has 0 amide bonds. The maximum absolute atomic E-state index is 3.39. The highest BCUT2D eigenvalue weighted by Gasteiger charge is 2.23. The van der Waals surface area contributed by atoms with Crippen LogP contribution in [0.3, 0.4) is 0 Å². The number of benzene rings is 1. The normalized spacial score (nSPS) is 19.7. The summed E-state index contributed by atoms with van der Waals surface area (Å²) in [6, 6.07) is 8.75. The highest BCUT2D eigenvalue weighted by Crippen LogP contribution is 2.34. The fraction of sp³-hybridized carbons (Fsp3) is 0.273. The van der Waals surface area contributed by atoms with Crippen molar-refractivity contribution in [3.8, 4) is 0 Å². The Bertz CT molecular complexity index is 363. The lowest BCUT2D eigenvalue weighted by Gasteiger charge is -2.02.